The van der Waals surface area contributed by atoms with E-state index in [0.717, 1.165) is 5.69 Å². The van der Waals surface area contributed by atoms with Crippen LogP contribution >= 0.6 is 11.3 Å². The molecule has 0 spiro atoms. The van der Waals surface area contributed by atoms with Crippen molar-refractivity contribution >= 4 is 85.9 Å². The van der Waals surface area contributed by atoms with Gasteiger partial charge in [-0.2, -0.15) is 0 Å². The molecule has 3 heteroatoms. The number of hydrogen-bond acceptors (Lipinski definition) is 1. The highest BCUT2D eigenvalue weighted by atomic mass is 32.1. The van der Waals surface area contributed by atoms with Crippen LogP contribution in [0.4, 0.5) is 0 Å². The zero-order valence-electron chi connectivity index (χ0n) is 29.8. The molecule has 9 aromatic carbocycles. The van der Waals surface area contributed by atoms with E-state index in [1.54, 1.807) is 0 Å². The number of nitrogens with zero attached hydrogens (tertiary/aromatic N) is 2. The first-order valence-corrected chi connectivity index (χ1v) is 19.6. The molecular formula is C52H32N2S. The Hall–Kier alpha value is -6.94. The molecule has 2 nitrogen and oxygen atoms in total. The normalized spacial score (nSPS) is 12.0. The van der Waals surface area contributed by atoms with Crippen LogP contribution in [-0.4, -0.2) is 9.13 Å². The zero-order valence-corrected chi connectivity index (χ0v) is 30.6. The van der Waals surface area contributed by atoms with E-state index >= 15 is 0 Å². The number of aromatic nitrogens is 2. The molecule has 0 atom stereocenters. The number of para-hydroxylation sites is 1. The number of benzene rings is 9. The molecule has 0 aliphatic heterocycles. The molecule has 0 aliphatic carbocycles. The molecule has 0 radical (unpaired) electrons. The second-order valence-electron chi connectivity index (χ2n) is 14.6. The summed E-state index contributed by atoms with van der Waals surface area (Å²) in [6.45, 7) is 0. The first kappa shape index (κ1) is 30.5. The van der Waals surface area contributed by atoms with E-state index in [1.807, 2.05) is 11.3 Å². The minimum atomic E-state index is 1.16. The van der Waals surface area contributed by atoms with Gasteiger partial charge in [-0.05, 0) is 106 Å². The van der Waals surface area contributed by atoms with Crippen molar-refractivity contribution in [1.82, 2.24) is 9.13 Å². The highest BCUT2D eigenvalue weighted by Crippen LogP contribution is 2.41. The zero-order chi connectivity index (χ0) is 36.0. The Bertz CT molecular complexity index is 3470. The number of thiophene rings is 1. The minimum Gasteiger partial charge on any atom is -0.309 e. The topological polar surface area (TPSA) is 9.86 Å². The average Bonchev–Trinajstić information content (AvgIpc) is 3.89. The Morgan fingerprint density at radius 2 is 0.800 bits per heavy atom. The molecule has 55 heavy (non-hydrogen) atoms. The minimum absolute atomic E-state index is 1.16. The van der Waals surface area contributed by atoms with Crippen molar-refractivity contribution in [3.63, 3.8) is 0 Å². The molecule has 0 saturated heterocycles. The Morgan fingerprint density at radius 1 is 0.273 bits per heavy atom. The summed E-state index contributed by atoms with van der Waals surface area (Å²) in [4.78, 5) is 0. The van der Waals surface area contributed by atoms with Gasteiger partial charge >= 0.3 is 0 Å². The predicted octanol–water partition coefficient (Wildman–Crippen LogP) is 14.7. The van der Waals surface area contributed by atoms with Crippen molar-refractivity contribution in [2.75, 3.05) is 0 Å². The molecule has 0 bridgehead atoms. The fourth-order valence-corrected chi connectivity index (χ4v) is 10.0. The summed E-state index contributed by atoms with van der Waals surface area (Å²) >= 11 is 1.87. The Balaban J connectivity index is 1.03. The van der Waals surface area contributed by atoms with Crippen LogP contribution in [0.5, 0.6) is 0 Å². The van der Waals surface area contributed by atoms with Crippen molar-refractivity contribution < 1.29 is 0 Å². The number of rotatable bonds is 4. The van der Waals surface area contributed by atoms with Gasteiger partial charge in [-0.15, -0.1) is 11.3 Å². The van der Waals surface area contributed by atoms with Crippen LogP contribution in [0, 0.1) is 0 Å². The maximum Gasteiger partial charge on any atom is 0.0547 e. The molecule has 3 heterocycles. The highest BCUT2D eigenvalue weighted by Gasteiger charge is 2.18. The summed E-state index contributed by atoms with van der Waals surface area (Å²) in [6, 6.07) is 71.5. The quantitative estimate of drug-likeness (QED) is 0.172. The van der Waals surface area contributed by atoms with Gasteiger partial charge in [0.1, 0.15) is 0 Å². The third kappa shape index (κ3) is 4.67. The lowest BCUT2D eigenvalue weighted by Gasteiger charge is -2.10. The van der Waals surface area contributed by atoms with E-state index < -0.39 is 0 Å². The summed E-state index contributed by atoms with van der Waals surface area (Å²) in [7, 11) is 0. The van der Waals surface area contributed by atoms with Gasteiger partial charge in [0, 0.05) is 53.1 Å². The lowest BCUT2D eigenvalue weighted by molar-refractivity contribution is 1.18. The van der Waals surface area contributed by atoms with Crippen molar-refractivity contribution in [3.05, 3.63) is 194 Å². The van der Waals surface area contributed by atoms with Gasteiger partial charge in [0.15, 0.2) is 0 Å². The predicted molar refractivity (Wildman–Crippen MR) is 236 cm³/mol. The van der Waals surface area contributed by atoms with Gasteiger partial charge in [-0.1, -0.05) is 121 Å². The smallest absolute Gasteiger partial charge is 0.0547 e. The fraction of sp³-hybridized carbons (Fsp3) is 0. The van der Waals surface area contributed by atoms with E-state index in [-0.39, 0.29) is 0 Å². The van der Waals surface area contributed by atoms with Gasteiger partial charge in [0.05, 0.1) is 22.1 Å². The van der Waals surface area contributed by atoms with Crippen LogP contribution in [0.25, 0.3) is 108 Å². The summed E-state index contributed by atoms with van der Waals surface area (Å²) in [6.07, 6.45) is 0. The SMILES string of the molecule is c1ccc(-c2ccc(-n3c4ccccc4c4cc(-c5ccc6c(c5)c5cc7ccccc7cc5n6-c5ccc6c(c5)sc5ccccc56)ccc43)cc2)cc1. The summed E-state index contributed by atoms with van der Waals surface area (Å²) < 4.78 is 7.50. The largest absolute Gasteiger partial charge is 0.309 e. The van der Waals surface area contributed by atoms with Gasteiger partial charge in [0.2, 0.25) is 0 Å². The molecular weight excluding hydrogens is 685 g/mol. The van der Waals surface area contributed by atoms with Crippen LogP contribution in [-0.2, 0) is 0 Å². The molecule has 0 amide bonds. The molecule has 0 N–H and O–H groups in total. The van der Waals surface area contributed by atoms with Crippen LogP contribution in [0.3, 0.4) is 0 Å². The molecule has 0 saturated carbocycles. The molecule has 256 valence electrons. The average molecular weight is 717 g/mol. The Morgan fingerprint density at radius 3 is 1.58 bits per heavy atom. The first-order valence-electron chi connectivity index (χ1n) is 18.8. The number of hydrogen-bond donors (Lipinski definition) is 0. The standard InChI is InChI=1S/C52H32N2S/c1-2-10-33(11-3-1)34-18-22-39(23-19-34)53-47-16-8-6-14-41(47)44-29-37(20-26-48(44)53)38-21-27-49-45(30-38)46-28-35-12-4-5-13-36(35)31-50(46)54(49)40-24-25-43-42-15-7-9-17-51(42)55-52(43)32-40/h1-32H. The monoisotopic (exact) mass is 716 g/mol. The maximum absolute atomic E-state index is 2.46. The van der Waals surface area contributed by atoms with E-state index in [0.29, 0.717) is 0 Å². The number of fused-ring (bicyclic) bond motifs is 10. The van der Waals surface area contributed by atoms with Crippen LogP contribution < -0.4 is 0 Å². The summed E-state index contributed by atoms with van der Waals surface area (Å²) in [5.74, 6) is 0. The van der Waals surface area contributed by atoms with Gasteiger partial charge < -0.3 is 9.13 Å². The first-order chi connectivity index (χ1) is 27.2. The maximum atomic E-state index is 2.46. The van der Waals surface area contributed by atoms with E-state index in [4.69, 9.17) is 0 Å². The summed E-state index contributed by atoms with van der Waals surface area (Å²) in [5, 5.41) is 10.2. The van der Waals surface area contributed by atoms with E-state index in [1.165, 1.54) is 102 Å². The molecule has 0 aliphatic rings. The highest BCUT2D eigenvalue weighted by molar-refractivity contribution is 7.25. The van der Waals surface area contributed by atoms with Gasteiger partial charge in [-0.3, -0.25) is 0 Å². The second kappa shape index (κ2) is 11.8. The molecule has 12 rings (SSSR count). The van der Waals surface area contributed by atoms with Crippen LogP contribution in [0.15, 0.2) is 194 Å². The van der Waals surface area contributed by atoms with Gasteiger partial charge in [0.25, 0.3) is 0 Å². The van der Waals surface area contributed by atoms with E-state index in [2.05, 4.69) is 203 Å². The second-order valence-corrected chi connectivity index (χ2v) is 15.6. The Kier molecular flexibility index (Phi) is 6.54. The Labute approximate surface area is 321 Å². The molecule has 0 fully saturated rings. The third-order valence-corrected chi connectivity index (χ3v) is 12.6. The fourth-order valence-electron chi connectivity index (χ4n) is 8.88. The van der Waals surface area contributed by atoms with Crippen LogP contribution in [0.2, 0.25) is 0 Å². The molecule has 0 unspecified atom stereocenters. The van der Waals surface area contributed by atoms with Crippen molar-refractivity contribution in [3.8, 4) is 33.6 Å². The lowest BCUT2D eigenvalue weighted by atomic mass is 10.00. The van der Waals surface area contributed by atoms with Crippen LogP contribution in [0.1, 0.15) is 0 Å². The summed E-state index contributed by atoms with van der Waals surface area (Å²) in [5.41, 5.74) is 12.1. The lowest BCUT2D eigenvalue weighted by Crippen LogP contribution is -1.94. The van der Waals surface area contributed by atoms with Crippen molar-refractivity contribution in [1.29, 1.82) is 0 Å². The van der Waals surface area contributed by atoms with E-state index in [9.17, 15) is 0 Å². The molecule has 12 aromatic rings. The van der Waals surface area contributed by atoms with Crippen molar-refractivity contribution in [2.45, 2.75) is 0 Å². The third-order valence-electron chi connectivity index (χ3n) is 11.5. The van der Waals surface area contributed by atoms with Gasteiger partial charge in [-0.25, -0.2) is 0 Å². The van der Waals surface area contributed by atoms with Crippen molar-refractivity contribution in [2.24, 2.45) is 0 Å². The molecule has 3 aromatic heterocycles.